The number of ether oxygens (including phenoxy) is 1. The topological polar surface area (TPSA) is 315 Å². The molecule has 22 nitrogen and oxygen atoms in total. The summed E-state index contributed by atoms with van der Waals surface area (Å²) in [6.07, 6.45) is -14.7. The third kappa shape index (κ3) is 15.2. The lowest BCUT2D eigenvalue weighted by molar-refractivity contribution is -0.143. The largest absolute Gasteiger partial charge is 0.755 e. The molecule has 0 saturated heterocycles. The maximum absolute atomic E-state index is 15.6. The fourth-order valence-electron chi connectivity index (χ4n) is 9.04. The van der Waals surface area contributed by atoms with Crippen molar-refractivity contribution >= 4 is 75.3 Å². The molecule has 7 rings (SSSR count). The summed E-state index contributed by atoms with van der Waals surface area (Å²) in [4.78, 5) is 73.8. The number of rotatable bonds is 21. The number of sulfone groups is 1. The van der Waals surface area contributed by atoms with Crippen LogP contribution >= 0.6 is 19.4 Å². The molecule has 450 valence electrons. The minimum absolute atomic E-state index is 0.0421. The predicted molar refractivity (Wildman–Crippen MR) is 265 cm³/mol. The Morgan fingerprint density at radius 3 is 2.25 bits per heavy atom. The zero-order chi connectivity index (χ0) is 61.7. The monoisotopic (exact) mass is 1260 g/mol. The van der Waals surface area contributed by atoms with Crippen LogP contribution in [0.5, 0.6) is 0 Å². The Morgan fingerprint density at radius 1 is 1.01 bits per heavy atom. The smallest absolute Gasteiger partial charge is 0.472 e. The minimum Gasteiger partial charge on any atom is -0.755 e. The summed E-state index contributed by atoms with van der Waals surface area (Å²) < 4.78 is 216. The zero-order valence-electron chi connectivity index (χ0n) is 42.7. The number of aliphatic carboxylic acids is 1. The summed E-state index contributed by atoms with van der Waals surface area (Å²) in [6.45, 7) is -3.48. The number of fused-ring (bicyclic) bond motifs is 4. The molecule has 3 amide bonds. The highest BCUT2D eigenvalue weighted by atomic mass is 35.5. The fourth-order valence-corrected chi connectivity index (χ4v) is 10.2. The van der Waals surface area contributed by atoms with Gasteiger partial charge in [0.05, 0.1) is 52.2 Å². The van der Waals surface area contributed by atoms with Gasteiger partial charge in [-0.25, -0.2) is 36.1 Å². The summed E-state index contributed by atoms with van der Waals surface area (Å²) >= 11 is 3.03. The summed E-state index contributed by atoms with van der Waals surface area (Å²) in [6, 6.07) is 2.96. The number of pyridine rings is 1. The fraction of sp³-hybridized carbons (Fsp3) is 0.426. The van der Waals surface area contributed by atoms with Crippen molar-refractivity contribution in [3.8, 4) is 23.0 Å². The highest BCUT2D eigenvalue weighted by Gasteiger charge is 2.68. The van der Waals surface area contributed by atoms with Gasteiger partial charge in [0.15, 0.2) is 15.5 Å². The zero-order valence-corrected chi connectivity index (χ0v) is 45.9. The Labute approximate surface area is 469 Å². The number of hydrogen-bond donors (Lipinski definition) is 5. The summed E-state index contributed by atoms with van der Waals surface area (Å²) in [5, 5.41) is 20.2. The van der Waals surface area contributed by atoms with E-state index in [0.29, 0.717) is 6.07 Å². The number of alkyl halides is 8. The van der Waals surface area contributed by atoms with Crippen molar-refractivity contribution in [2.75, 3.05) is 13.0 Å². The number of nitrogens with one attached hydrogen (secondary N) is 2. The van der Waals surface area contributed by atoms with Crippen LogP contribution in [0.4, 0.5) is 48.7 Å². The molecule has 0 bridgehead atoms. The quantitative estimate of drug-likeness (QED) is 0.0165. The first-order valence-electron chi connectivity index (χ1n) is 23.8. The van der Waals surface area contributed by atoms with Crippen molar-refractivity contribution in [1.29, 1.82) is 0 Å². The molecule has 5 atom stereocenters. The number of phosphoric ester groups is 1. The van der Waals surface area contributed by atoms with Crippen molar-refractivity contribution < 1.29 is 109 Å². The first-order valence-corrected chi connectivity index (χ1v) is 28.6. The molecule has 0 aliphatic heterocycles. The van der Waals surface area contributed by atoms with E-state index in [9.17, 15) is 81.2 Å². The van der Waals surface area contributed by atoms with Crippen molar-refractivity contribution in [1.82, 2.24) is 39.5 Å². The lowest BCUT2D eigenvalue weighted by Gasteiger charge is -2.25. The predicted octanol–water partition coefficient (Wildman–Crippen LogP) is 6.83. The van der Waals surface area contributed by atoms with E-state index in [1.165, 1.54) is 13.8 Å². The van der Waals surface area contributed by atoms with Crippen molar-refractivity contribution in [3.63, 3.8) is 0 Å². The summed E-state index contributed by atoms with van der Waals surface area (Å²) in [7, 11) is -9.10. The van der Waals surface area contributed by atoms with Gasteiger partial charge in [-0.05, 0) is 80.8 Å². The van der Waals surface area contributed by atoms with Gasteiger partial charge in [-0.2, -0.15) is 45.3 Å². The second-order valence-electron chi connectivity index (χ2n) is 19.4. The van der Waals surface area contributed by atoms with Crippen molar-refractivity contribution in [2.24, 2.45) is 5.92 Å². The molecule has 2 aliphatic carbocycles. The molecule has 1 saturated carbocycles. The number of benzene rings is 2. The molecule has 83 heavy (non-hydrogen) atoms. The number of carbonyl (C=O) groups is 4. The molecule has 3 unspecified atom stereocenters. The van der Waals surface area contributed by atoms with E-state index in [2.05, 4.69) is 41.6 Å². The van der Waals surface area contributed by atoms with Crippen LogP contribution in [0.2, 0.25) is 5.02 Å². The molecule has 0 spiro atoms. The number of hydrogen-bond acceptors (Lipinski definition) is 14. The molecule has 1 fully saturated rings. The van der Waals surface area contributed by atoms with Gasteiger partial charge < -0.3 is 34.8 Å². The number of aromatic nitrogens is 5. The number of carboxylic acid groups (broad SMARTS) is 1. The average molecular weight is 1260 g/mol. The van der Waals surface area contributed by atoms with Crippen LogP contribution in [0.1, 0.15) is 91.1 Å². The van der Waals surface area contributed by atoms with Gasteiger partial charge in [0.1, 0.15) is 40.9 Å². The molecule has 5 aromatic rings. The maximum Gasteiger partial charge on any atom is 0.472 e. The van der Waals surface area contributed by atoms with E-state index < -0.39 is 208 Å². The Hall–Kier alpha value is -6.73. The Bertz CT molecular complexity index is 3660. The maximum atomic E-state index is 15.6. The molecular weight excluding hydrogens is 1220 g/mol. The van der Waals surface area contributed by atoms with Gasteiger partial charge in [-0.3, -0.25) is 32.3 Å². The highest BCUT2D eigenvalue weighted by molar-refractivity contribution is 7.92. The molecular formula is C47H43ClF10N8O14PS2-. The van der Waals surface area contributed by atoms with Crippen LogP contribution < -0.4 is 10.6 Å². The van der Waals surface area contributed by atoms with Crippen LogP contribution in [0.25, 0.3) is 22.0 Å². The molecule has 3 heterocycles. The number of alkyl carbamates (subject to hydrolysis) is 1. The van der Waals surface area contributed by atoms with Crippen LogP contribution in [-0.4, -0.2) is 115 Å². The Balaban J connectivity index is 1.36. The molecule has 2 aliphatic rings. The van der Waals surface area contributed by atoms with Crippen LogP contribution in [0, 0.1) is 29.4 Å². The number of halogens is 11. The summed E-state index contributed by atoms with van der Waals surface area (Å²) in [5.74, 6) is -8.33. The second-order valence-corrected chi connectivity index (χ2v) is 24.5. The van der Waals surface area contributed by atoms with Crippen molar-refractivity contribution in [3.05, 3.63) is 98.7 Å². The minimum atomic E-state index is -5.26. The molecule has 3 aromatic heterocycles. The lowest BCUT2D eigenvalue weighted by Crippen LogP contribution is -2.39. The highest BCUT2D eigenvalue weighted by Crippen LogP contribution is 2.68. The van der Waals surface area contributed by atoms with Gasteiger partial charge in [0.2, 0.25) is 18.6 Å². The molecule has 0 radical (unpaired) electrons. The number of amides is 3. The number of phosphoric acid groups is 1. The van der Waals surface area contributed by atoms with Crippen LogP contribution in [0.3, 0.4) is 0 Å². The van der Waals surface area contributed by atoms with E-state index in [1.54, 1.807) is 0 Å². The Morgan fingerprint density at radius 2 is 1.66 bits per heavy atom. The Kier molecular flexibility index (Phi) is 18.3. The van der Waals surface area contributed by atoms with E-state index in [1.807, 2.05) is 5.32 Å². The second kappa shape index (κ2) is 23.7. The molecule has 2 aromatic carbocycles. The van der Waals surface area contributed by atoms with Gasteiger partial charge >= 0.3 is 32.2 Å². The van der Waals surface area contributed by atoms with Gasteiger partial charge in [0, 0.05) is 52.8 Å². The van der Waals surface area contributed by atoms with Gasteiger partial charge in [-0.1, -0.05) is 23.6 Å². The van der Waals surface area contributed by atoms with Crippen LogP contribution in [0.15, 0.2) is 42.5 Å². The number of nitrogens with zero attached hydrogens (tertiary/aromatic N) is 6. The standard InChI is InChI=1S/C47H44ClF10N8O14PS2/c1-44(2,83(3,77)78)11-10-25-4-6-27(39(59-25)32(14-22-12-23(49)15-24(50)13-22)61-34(67)19-64-42-37(41(63-64)47(56,57)58)29-17-30(29)46(42,54)55)28-7-8-31(48)38-33(62-65(40(28)38)20-45(51,52)53)18-66(82(75)76)35(68)9-5-26(16-36(69)70)60-43(71)79-21-80-81(72,73)74/h4,6-8,12-13,15,26,29-30,32H,5,9,14,16-21H2,1-3H3,(H,60,71)(H,61,67)(H,69,70)(H,75,76)(H2,72,73,74)/p-1/t26?,29-,30+,32?/m0/s1. The SMILES string of the molecule is CC(C)(C#Cc1ccc(-c2ccc(Cl)c3c(CN(C(=O)CCC(CC(=O)O)NC(=O)OCOP(=O)(O)O)S(=O)[O-])nn(CC(F)(F)F)c23)c(C(Cc2cc(F)cc(F)c2)NC(=O)Cn2nc(C(F)(F)F)c3c2C(F)(F)[C@@H]2C[C@H]32)n1)S(C)(=O)=O. The van der Waals surface area contributed by atoms with E-state index in [0.717, 1.165) is 42.7 Å². The third-order valence-corrected chi connectivity index (χ3v) is 16.4. The van der Waals surface area contributed by atoms with E-state index >= 15 is 8.78 Å². The number of carbonyl (C=O) groups excluding carboxylic acids is 3. The third-order valence-electron chi connectivity index (χ3n) is 13.0. The van der Waals surface area contributed by atoms with Crippen molar-refractivity contribution in [2.45, 2.75) is 107 Å². The molecule has 5 N–H and O–H groups in total. The van der Waals surface area contributed by atoms with Gasteiger partial charge in [-0.15, -0.1) is 0 Å². The van der Waals surface area contributed by atoms with Gasteiger partial charge in [0.25, 0.3) is 5.92 Å². The average Bonchev–Trinajstić information content (AvgIpc) is 1.54. The van der Waals surface area contributed by atoms with Crippen LogP contribution in [-0.2, 0) is 87.5 Å². The van der Waals surface area contributed by atoms with E-state index in [-0.39, 0.29) is 42.5 Å². The summed E-state index contributed by atoms with van der Waals surface area (Å²) in [5.41, 5.74) is -6.83. The normalized spacial score (nSPS) is 16.9. The first-order chi connectivity index (χ1) is 38.2. The first kappa shape index (κ1) is 63.8. The number of carboxylic acids is 1. The van der Waals surface area contributed by atoms with E-state index in [4.69, 9.17) is 21.4 Å². The lowest BCUT2D eigenvalue weighted by atomic mass is 9.93. The molecule has 36 heteroatoms.